The summed E-state index contributed by atoms with van der Waals surface area (Å²) in [5.41, 5.74) is 2.47. The van der Waals surface area contributed by atoms with Crippen LogP contribution < -0.4 is 4.74 Å². The first kappa shape index (κ1) is 21.4. The highest BCUT2D eigenvalue weighted by atomic mass is 16.7. The van der Waals surface area contributed by atoms with Crippen molar-refractivity contribution in [2.45, 2.75) is 44.7 Å². The lowest BCUT2D eigenvalue weighted by Gasteiger charge is -2.32. The van der Waals surface area contributed by atoms with Crippen LogP contribution in [0.5, 0.6) is 5.88 Å². The van der Waals surface area contributed by atoms with Crippen LogP contribution >= 0.6 is 0 Å². The van der Waals surface area contributed by atoms with E-state index in [4.69, 9.17) is 9.57 Å². The highest BCUT2D eigenvalue weighted by Crippen LogP contribution is 2.36. The molecule has 2 aromatic heterocycles. The second kappa shape index (κ2) is 9.20. The number of rotatable bonds is 5. The molecule has 0 radical (unpaired) electrons. The Morgan fingerprint density at radius 3 is 2.85 bits per heavy atom. The highest BCUT2D eigenvalue weighted by Gasteiger charge is 2.38. The fraction of sp³-hybridized carbons (Fsp3) is 0.440. The molecule has 0 N–H and O–H groups in total. The van der Waals surface area contributed by atoms with E-state index in [2.05, 4.69) is 32.9 Å². The monoisotopic (exact) mass is 445 g/mol. The van der Waals surface area contributed by atoms with Gasteiger partial charge in [0.2, 0.25) is 11.8 Å². The molecule has 170 valence electrons. The average molecular weight is 446 g/mol. The normalized spacial score (nSPS) is 22.9. The summed E-state index contributed by atoms with van der Waals surface area (Å²) in [6.45, 7) is 1.40. The molecule has 0 unspecified atom stereocenters. The zero-order valence-electron chi connectivity index (χ0n) is 18.7. The number of nitrogens with zero attached hydrogens (tertiary/aromatic N) is 5. The lowest BCUT2D eigenvalue weighted by molar-refractivity contribution is -0.183. The van der Waals surface area contributed by atoms with Crippen LogP contribution in [0.1, 0.15) is 49.4 Å². The van der Waals surface area contributed by atoms with Gasteiger partial charge >= 0.3 is 0 Å². The van der Waals surface area contributed by atoms with Gasteiger partial charge < -0.3 is 9.30 Å². The molecule has 5 rings (SSSR count). The minimum absolute atomic E-state index is 0.0352. The van der Waals surface area contributed by atoms with Crippen LogP contribution in [0.4, 0.5) is 0 Å². The first-order valence-electron chi connectivity index (χ1n) is 11.5. The lowest BCUT2D eigenvalue weighted by Crippen LogP contribution is -2.37. The maximum Gasteiger partial charge on any atom is 0.249 e. The minimum Gasteiger partial charge on any atom is -0.480 e. The third-order valence-electron chi connectivity index (χ3n) is 6.86. The Balaban J connectivity index is 1.22. The van der Waals surface area contributed by atoms with Crippen LogP contribution in [0.2, 0.25) is 0 Å². The molecule has 33 heavy (non-hydrogen) atoms. The number of benzene rings is 1. The van der Waals surface area contributed by atoms with Crippen molar-refractivity contribution < 1.29 is 14.4 Å². The van der Waals surface area contributed by atoms with E-state index in [0.717, 1.165) is 43.1 Å². The van der Waals surface area contributed by atoms with Crippen molar-refractivity contribution in [2.75, 3.05) is 13.7 Å². The highest BCUT2D eigenvalue weighted by molar-refractivity contribution is 5.81. The summed E-state index contributed by atoms with van der Waals surface area (Å²) in [6.07, 6.45) is 9.72. The molecule has 2 fully saturated rings. The van der Waals surface area contributed by atoms with E-state index in [-0.39, 0.29) is 17.9 Å². The molecule has 3 aromatic rings. The van der Waals surface area contributed by atoms with Crippen LogP contribution in [0.3, 0.4) is 0 Å². The molecule has 1 saturated heterocycles. The van der Waals surface area contributed by atoms with Gasteiger partial charge in [-0.15, -0.1) is 0 Å². The predicted molar refractivity (Wildman–Crippen MR) is 121 cm³/mol. The summed E-state index contributed by atoms with van der Waals surface area (Å²) in [7, 11) is 1.55. The molecule has 1 aliphatic heterocycles. The van der Waals surface area contributed by atoms with E-state index in [1.165, 1.54) is 5.06 Å². The van der Waals surface area contributed by atoms with E-state index < -0.39 is 0 Å². The summed E-state index contributed by atoms with van der Waals surface area (Å²) in [5.74, 6) is 0.958. The number of nitriles is 1. The Morgan fingerprint density at radius 1 is 1.21 bits per heavy atom. The molecule has 0 bridgehead atoms. The summed E-state index contributed by atoms with van der Waals surface area (Å²) < 4.78 is 7.43. The molecule has 1 atom stereocenters. The molecule has 1 amide bonds. The van der Waals surface area contributed by atoms with Crippen LogP contribution in [0, 0.1) is 23.2 Å². The second-order valence-corrected chi connectivity index (χ2v) is 8.86. The molecule has 2 aliphatic rings. The number of methoxy groups -OCH3 is 1. The van der Waals surface area contributed by atoms with Crippen LogP contribution in [0.25, 0.3) is 10.9 Å². The maximum atomic E-state index is 13.3. The summed E-state index contributed by atoms with van der Waals surface area (Å²) >= 11 is 0. The number of ether oxygens (including phenoxy) is 1. The van der Waals surface area contributed by atoms with Crippen molar-refractivity contribution in [3.8, 4) is 11.9 Å². The van der Waals surface area contributed by atoms with Crippen molar-refractivity contribution in [1.82, 2.24) is 19.6 Å². The van der Waals surface area contributed by atoms with Gasteiger partial charge in [0.15, 0.2) is 0 Å². The van der Waals surface area contributed by atoms with Gasteiger partial charge in [0.1, 0.15) is 6.04 Å². The van der Waals surface area contributed by atoms with Gasteiger partial charge in [0, 0.05) is 30.6 Å². The third kappa shape index (κ3) is 4.29. The maximum absolute atomic E-state index is 13.3. The molecule has 8 heteroatoms. The number of hydrogen-bond acceptors (Lipinski definition) is 6. The van der Waals surface area contributed by atoms with Gasteiger partial charge in [-0.1, -0.05) is 6.07 Å². The molecule has 1 aliphatic carbocycles. The SMILES string of the molecule is COc1cncc([C@@H]2CCON2C(=O)[C@H]2CC[C@H](Cn3ccc4ccc(C#N)cc43)CC2)n1. The van der Waals surface area contributed by atoms with E-state index in [1.807, 2.05) is 18.2 Å². The lowest BCUT2D eigenvalue weighted by atomic mass is 9.81. The van der Waals surface area contributed by atoms with E-state index >= 15 is 0 Å². The Labute approximate surface area is 192 Å². The molecule has 1 aromatic carbocycles. The Morgan fingerprint density at radius 2 is 2.06 bits per heavy atom. The molecule has 1 saturated carbocycles. The number of amides is 1. The van der Waals surface area contributed by atoms with E-state index in [9.17, 15) is 10.1 Å². The number of hydrogen-bond donors (Lipinski definition) is 0. The van der Waals surface area contributed by atoms with Crippen molar-refractivity contribution >= 4 is 16.8 Å². The van der Waals surface area contributed by atoms with Crippen LogP contribution in [-0.4, -0.2) is 39.2 Å². The van der Waals surface area contributed by atoms with Crippen molar-refractivity contribution in [1.29, 1.82) is 5.26 Å². The molecule has 0 spiro atoms. The number of aromatic nitrogens is 3. The fourth-order valence-corrected chi connectivity index (χ4v) is 5.04. The van der Waals surface area contributed by atoms with Crippen molar-refractivity contribution in [2.24, 2.45) is 11.8 Å². The zero-order valence-corrected chi connectivity index (χ0v) is 18.7. The van der Waals surface area contributed by atoms with Crippen molar-refractivity contribution in [3.63, 3.8) is 0 Å². The largest absolute Gasteiger partial charge is 0.480 e. The molecular formula is C25H27N5O3. The summed E-state index contributed by atoms with van der Waals surface area (Å²) in [5, 5.41) is 11.9. The standard InChI is InChI=1S/C25H27N5O3/c1-32-24-15-27-14-21(28-24)22-9-11-33-30(22)25(31)20-6-2-17(3-7-20)16-29-10-8-19-5-4-18(13-26)12-23(19)29/h4-5,8,10,12,14-15,17,20,22H,2-3,6-7,9,11,16H2,1H3/t17-,20-,22-/m0/s1. The topological polar surface area (TPSA) is 93.3 Å². The Bertz CT molecular complexity index is 1190. The molecule has 3 heterocycles. The molecule has 8 nitrogen and oxygen atoms in total. The van der Waals surface area contributed by atoms with E-state index in [1.54, 1.807) is 19.5 Å². The predicted octanol–water partition coefficient (Wildman–Crippen LogP) is 4.02. The fourth-order valence-electron chi connectivity index (χ4n) is 5.04. The van der Waals surface area contributed by atoms with Crippen LogP contribution in [0.15, 0.2) is 42.9 Å². The average Bonchev–Trinajstić information content (AvgIpc) is 3.51. The van der Waals surface area contributed by atoms with Crippen LogP contribution in [-0.2, 0) is 16.2 Å². The second-order valence-electron chi connectivity index (χ2n) is 8.86. The van der Waals surface area contributed by atoms with Gasteiger partial charge in [0.05, 0.1) is 43.4 Å². The number of hydroxylamine groups is 2. The van der Waals surface area contributed by atoms with Gasteiger partial charge in [-0.25, -0.2) is 10.0 Å². The smallest absolute Gasteiger partial charge is 0.249 e. The van der Waals surface area contributed by atoms with Crippen molar-refractivity contribution in [3.05, 3.63) is 54.1 Å². The van der Waals surface area contributed by atoms with Gasteiger partial charge in [-0.3, -0.25) is 14.6 Å². The first-order valence-corrected chi connectivity index (χ1v) is 11.5. The zero-order chi connectivity index (χ0) is 22.8. The number of fused-ring (bicyclic) bond motifs is 1. The Kier molecular flexibility index (Phi) is 5.97. The summed E-state index contributed by atoms with van der Waals surface area (Å²) in [4.78, 5) is 27.7. The first-order chi connectivity index (χ1) is 16.2. The molecular weight excluding hydrogens is 418 g/mol. The minimum atomic E-state index is -0.224. The Hall–Kier alpha value is -3.44. The van der Waals surface area contributed by atoms with Gasteiger partial charge in [-0.05, 0) is 55.2 Å². The summed E-state index contributed by atoms with van der Waals surface area (Å²) in [6, 6.07) is 9.90. The quantitative estimate of drug-likeness (QED) is 0.589. The van der Waals surface area contributed by atoms with Gasteiger partial charge in [0.25, 0.3) is 0 Å². The third-order valence-corrected chi connectivity index (χ3v) is 6.86. The number of carbonyl (C=O) groups excluding carboxylic acids is 1. The van der Waals surface area contributed by atoms with Gasteiger partial charge in [-0.2, -0.15) is 5.26 Å². The van der Waals surface area contributed by atoms with E-state index in [0.29, 0.717) is 36.1 Å². The number of carbonyl (C=O) groups is 1.